The lowest BCUT2D eigenvalue weighted by molar-refractivity contribution is 0.0939. The smallest absolute Gasteiger partial charge is 0.251 e. The third kappa shape index (κ3) is 4.55. The lowest BCUT2D eigenvalue weighted by Crippen LogP contribution is -2.27. The Morgan fingerprint density at radius 2 is 1.81 bits per heavy atom. The van der Waals surface area contributed by atoms with Gasteiger partial charge in [0.05, 0.1) is 23.6 Å². The van der Waals surface area contributed by atoms with E-state index < -0.39 is 6.10 Å². The number of carbonyl (C=O) groups excluding carboxylic acids is 1. The van der Waals surface area contributed by atoms with Gasteiger partial charge in [-0.25, -0.2) is 9.67 Å². The number of nitrogens with zero attached hydrogens (tertiary/aromatic N) is 5. The third-order valence-corrected chi connectivity index (χ3v) is 5.13. The van der Waals surface area contributed by atoms with Crippen molar-refractivity contribution in [2.24, 2.45) is 0 Å². The van der Waals surface area contributed by atoms with Crippen LogP contribution in [0.4, 0.5) is 0 Å². The first-order valence-electron chi connectivity index (χ1n) is 10.3. The number of aliphatic hydroxyl groups excluding tert-OH is 1. The van der Waals surface area contributed by atoms with Crippen LogP contribution in [0.15, 0.2) is 67.4 Å². The summed E-state index contributed by atoms with van der Waals surface area (Å²) < 4.78 is 1.55. The maximum absolute atomic E-state index is 13.2. The second kappa shape index (κ2) is 9.07. The molecule has 8 nitrogen and oxygen atoms in total. The maximum Gasteiger partial charge on any atom is 0.251 e. The molecule has 4 rings (SSSR count). The quantitative estimate of drug-likeness (QED) is 0.486. The minimum absolute atomic E-state index is 0.253. The molecule has 2 unspecified atom stereocenters. The van der Waals surface area contributed by atoms with Gasteiger partial charge >= 0.3 is 0 Å². The number of rotatable bonds is 6. The molecule has 2 atom stereocenters. The molecule has 2 aromatic carbocycles. The zero-order valence-corrected chi connectivity index (χ0v) is 18.1. The van der Waals surface area contributed by atoms with E-state index in [1.807, 2.05) is 50.2 Å². The lowest BCUT2D eigenvalue weighted by Gasteiger charge is -2.16. The fourth-order valence-electron chi connectivity index (χ4n) is 3.40. The number of amides is 1. The van der Waals surface area contributed by atoms with E-state index >= 15 is 0 Å². The van der Waals surface area contributed by atoms with Crippen LogP contribution in [0, 0.1) is 6.92 Å². The lowest BCUT2D eigenvalue weighted by atomic mass is 10.0. The van der Waals surface area contributed by atoms with Gasteiger partial charge in [-0.1, -0.05) is 29.8 Å². The molecule has 32 heavy (non-hydrogen) atoms. The summed E-state index contributed by atoms with van der Waals surface area (Å²) in [7, 11) is 0. The first-order chi connectivity index (χ1) is 15.4. The first kappa shape index (κ1) is 21.3. The van der Waals surface area contributed by atoms with Crippen LogP contribution >= 0.6 is 0 Å². The summed E-state index contributed by atoms with van der Waals surface area (Å²) in [6.45, 7) is 5.51. The van der Waals surface area contributed by atoms with E-state index in [1.54, 1.807) is 36.3 Å². The summed E-state index contributed by atoms with van der Waals surface area (Å²) in [6.07, 6.45) is 5.39. The predicted octanol–water partition coefficient (Wildman–Crippen LogP) is 3.58. The number of aliphatic hydroxyl groups is 1. The van der Waals surface area contributed by atoms with Crippen LogP contribution in [-0.2, 0) is 0 Å². The van der Waals surface area contributed by atoms with Crippen molar-refractivity contribution >= 4 is 5.91 Å². The molecular weight excluding hydrogens is 404 g/mol. The Morgan fingerprint density at radius 1 is 1.03 bits per heavy atom. The van der Waals surface area contributed by atoms with E-state index in [9.17, 15) is 9.90 Å². The molecule has 1 amide bonds. The molecular formula is C24H24N6O2. The van der Waals surface area contributed by atoms with Gasteiger partial charge in [0.25, 0.3) is 5.91 Å². The van der Waals surface area contributed by atoms with Crippen LogP contribution in [0.25, 0.3) is 16.8 Å². The van der Waals surface area contributed by atoms with E-state index in [4.69, 9.17) is 0 Å². The summed E-state index contributed by atoms with van der Waals surface area (Å²) in [5.74, 6) is 0.141. The zero-order chi connectivity index (χ0) is 22.7. The summed E-state index contributed by atoms with van der Waals surface area (Å²) in [5, 5.41) is 17.3. The molecule has 162 valence electrons. The van der Waals surface area contributed by atoms with Crippen LogP contribution < -0.4 is 5.32 Å². The molecule has 2 heterocycles. The number of hydrogen-bond acceptors (Lipinski definition) is 6. The van der Waals surface area contributed by atoms with E-state index in [0.29, 0.717) is 22.8 Å². The topological polar surface area (TPSA) is 106 Å². The molecule has 0 saturated heterocycles. The van der Waals surface area contributed by atoms with Crippen LogP contribution in [0.5, 0.6) is 0 Å². The summed E-state index contributed by atoms with van der Waals surface area (Å²) >= 11 is 0. The zero-order valence-electron chi connectivity index (χ0n) is 18.1. The van der Waals surface area contributed by atoms with E-state index in [0.717, 1.165) is 16.7 Å². The molecule has 0 spiro atoms. The van der Waals surface area contributed by atoms with Gasteiger partial charge in [0.2, 0.25) is 0 Å². The average molecular weight is 428 g/mol. The van der Waals surface area contributed by atoms with Gasteiger partial charge in [0.1, 0.15) is 12.4 Å². The average Bonchev–Trinajstić information content (AvgIpc) is 3.30. The van der Waals surface area contributed by atoms with Crippen LogP contribution in [-0.4, -0.2) is 35.7 Å². The highest BCUT2D eigenvalue weighted by molar-refractivity contribution is 5.96. The van der Waals surface area contributed by atoms with Gasteiger partial charge in [-0.2, -0.15) is 5.10 Å². The second-order valence-electron chi connectivity index (χ2n) is 7.67. The van der Waals surface area contributed by atoms with Crippen molar-refractivity contribution in [3.63, 3.8) is 0 Å². The number of hydrogen-bond donors (Lipinski definition) is 2. The highest BCUT2D eigenvalue weighted by atomic mass is 16.3. The fraction of sp³-hybridized carbons (Fsp3) is 0.208. The van der Waals surface area contributed by atoms with Crippen molar-refractivity contribution in [3.05, 3.63) is 90.0 Å². The Morgan fingerprint density at radius 3 is 2.50 bits per heavy atom. The Kier molecular flexibility index (Phi) is 6.04. The van der Waals surface area contributed by atoms with Gasteiger partial charge in [-0.15, -0.1) is 0 Å². The molecule has 0 saturated carbocycles. The Balaban J connectivity index is 1.75. The monoisotopic (exact) mass is 428 g/mol. The van der Waals surface area contributed by atoms with Crippen LogP contribution in [0.2, 0.25) is 0 Å². The molecule has 0 aliphatic carbocycles. The van der Waals surface area contributed by atoms with E-state index in [1.165, 1.54) is 6.33 Å². The van der Waals surface area contributed by atoms with Crippen molar-refractivity contribution in [2.75, 3.05) is 0 Å². The van der Waals surface area contributed by atoms with Gasteiger partial charge in [-0.3, -0.25) is 14.8 Å². The molecule has 0 fully saturated rings. The predicted molar refractivity (Wildman–Crippen MR) is 120 cm³/mol. The number of nitrogens with one attached hydrogen (secondary N) is 1. The molecule has 4 aromatic rings. The summed E-state index contributed by atoms with van der Waals surface area (Å²) in [4.78, 5) is 25.6. The second-order valence-corrected chi connectivity index (χ2v) is 7.67. The van der Waals surface area contributed by atoms with Gasteiger partial charge in [0, 0.05) is 18.0 Å². The normalized spacial score (nSPS) is 12.9. The molecule has 8 heteroatoms. The number of carbonyl (C=O) groups is 1. The molecule has 2 aromatic heterocycles. The highest BCUT2D eigenvalue weighted by Gasteiger charge is 2.18. The molecule has 0 radical (unpaired) electrons. The maximum atomic E-state index is 13.2. The Hall–Kier alpha value is -3.91. The van der Waals surface area contributed by atoms with Crippen molar-refractivity contribution < 1.29 is 9.90 Å². The van der Waals surface area contributed by atoms with Gasteiger partial charge in [0.15, 0.2) is 5.82 Å². The van der Waals surface area contributed by atoms with Crippen molar-refractivity contribution in [1.82, 2.24) is 30.0 Å². The minimum atomic E-state index is -0.811. The number of aromatic nitrogens is 5. The fourth-order valence-corrected chi connectivity index (χ4v) is 3.40. The van der Waals surface area contributed by atoms with Gasteiger partial charge in [-0.05, 0) is 50.1 Å². The Labute approximate surface area is 186 Å². The van der Waals surface area contributed by atoms with E-state index in [-0.39, 0.29) is 11.9 Å². The molecule has 0 aliphatic rings. The number of benzene rings is 2. The standard InChI is InChI=1S/C24H24N6O2/c1-15-4-6-18(7-5-15)19-10-20(24(32)29-16(2)22-13-25-8-9-26-22)12-21(11-19)30-23(17(3)31)27-14-28-30/h4-14,16-17,31H,1-3H3,(H,29,32). The SMILES string of the molecule is Cc1ccc(-c2cc(C(=O)NC(C)c3cnccn3)cc(-n3ncnc3C(C)O)c2)cc1. The molecule has 0 aliphatic heterocycles. The van der Waals surface area contributed by atoms with E-state index in [2.05, 4.69) is 25.4 Å². The third-order valence-electron chi connectivity index (χ3n) is 5.13. The van der Waals surface area contributed by atoms with Crippen LogP contribution in [0.1, 0.15) is 53.4 Å². The van der Waals surface area contributed by atoms with Crippen molar-refractivity contribution in [3.8, 4) is 16.8 Å². The summed E-state index contributed by atoms with van der Waals surface area (Å²) in [5.41, 5.74) is 4.73. The summed E-state index contributed by atoms with van der Waals surface area (Å²) in [6, 6.07) is 13.2. The highest BCUT2D eigenvalue weighted by Crippen LogP contribution is 2.26. The minimum Gasteiger partial charge on any atom is -0.385 e. The van der Waals surface area contributed by atoms with Gasteiger partial charge < -0.3 is 10.4 Å². The Bertz CT molecular complexity index is 1220. The molecule has 2 N–H and O–H groups in total. The van der Waals surface area contributed by atoms with Crippen molar-refractivity contribution in [1.29, 1.82) is 0 Å². The first-order valence-corrected chi connectivity index (χ1v) is 10.3. The van der Waals surface area contributed by atoms with Crippen molar-refractivity contribution in [2.45, 2.75) is 32.9 Å². The number of aryl methyl sites for hydroxylation is 1. The molecule has 0 bridgehead atoms. The largest absolute Gasteiger partial charge is 0.385 e. The van der Waals surface area contributed by atoms with Crippen LogP contribution in [0.3, 0.4) is 0 Å².